The number of aromatic nitrogens is 2. The monoisotopic (exact) mass is 424 g/mol. The third kappa shape index (κ3) is 5.10. The van der Waals surface area contributed by atoms with Crippen LogP contribution < -0.4 is 9.47 Å². The molecule has 0 aliphatic carbocycles. The van der Waals surface area contributed by atoms with Crippen LogP contribution in [0.4, 0.5) is 0 Å². The van der Waals surface area contributed by atoms with Gasteiger partial charge in [-0.2, -0.15) is 5.10 Å². The van der Waals surface area contributed by atoms with Crippen LogP contribution in [0.5, 0.6) is 11.5 Å². The summed E-state index contributed by atoms with van der Waals surface area (Å²) >= 11 is 6.26. The lowest BCUT2D eigenvalue weighted by molar-refractivity contribution is 0.104. The first kappa shape index (κ1) is 21.7. The largest absolute Gasteiger partial charge is 0.496 e. The fraction of sp³-hybridized carbons (Fsp3) is 0.250. The van der Waals surface area contributed by atoms with E-state index in [-0.39, 0.29) is 5.78 Å². The molecule has 0 aliphatic heterocycles. The molecule has 0 spiro atoms. The molecule has 0 atom stereocenters. The lowest BCUT2D eigenvalue weighted by Crippen LogP contribution is -2.00. The summed E-state index contributed by atoms with van der Waals surface area (Å²) in [5, 5.41) is 4.89. The predicted molar refractivity (Wildman–Crippen MR) is 120 cm³/mol. The number of hydrogen-bond acceptors (Lipinski definition) is 4. The normalized spacial score (nSPS) is 11.1. The van der Waals surface area contributed by atoms with Crippen molar-refractivity contribution in [2.45, 2.75) is 33.9 Å². The van der Waals surface area contributed by atoms with Crippen molar-refractivity contribution in [3.63, 3.8) is 0 Å². The van der Waals surface area contributed by atoms with Gasteiger partial charge in [-0.05, 0) is 62.2 Å². The summed E-state index contributed by atoms with van der Waals surface area (Å²) in [5.74, 6) is 1.25. The Morgan fingerprint density at radius 3 is 2.60 bits per heavy atom. The molecule has 3 aromatic rings. The smallest absolute Gasteiger partial charge is 0.189 e. The summed E-state index contributed by atoms with van der Waals surface area (Å²) in [6.07, 6.45) is 5.13. The van der Waals surface area contributed by atoms with Gasteiger partial charge in [-0.1, -0.05) is 29.8 Å². The first-order valence-electron chi connectivity index (χ1n) is 9.73. The Hall–Kier alpha value is -3.05. The third-order valence-electron chi connectivity index (χ3n) is 4.74. The highest BCUT2D eigenvalue weighted by Gasteiger charge is 2.11. The van der Waals surface area contributed by atoms with E-state index in [1.807, 2.05) is 57.2 Å². The molecule has 1 aromatic heterocycles. The van der Waals surface area contributed by atoms with Crippen molar-refractivity contribution in [3.05, 3.63) is 81.6 Å². The summed E-state index contributed by atoms with van der Waals surface area (Å²) in [6, 6.07) is 11.4. The van der Waals surface area contributed by atoms with E-state index in [1.54, 1.807) is 30.1 Å². The molecule has 0 radical (unpaired) electrons. The maximum atomic E-state index is 12.5. The molecule has 5 nitrogen and oxygen atoms in total. The van der Waals surface area contributed by atoms with Crippen molar-refractivity contribution < 1.29 is 14.3 Å². The van der Waals surface area contributed by atoms with Gasteiger partial charge in [0.05, 0.1) is 23.4 Å². The number of carbonyl (C=O) groups excluding carboxylic acids is 1. The van der Waals surface area contributed by atoms with Crippen molar-refractivity contribution >= 4 is 23.5 Å². The van der Waals surface area contributed by atoms with E-state index in [1.165, 1.54) is 0 Å². The van der Waals surface area contributed by atoms with Crippen LogP contribution in [0, 0.1) is 13.8 Å². The molecule has 0 saturated carbocycles. The molecule has 0 N–H and O–H groups in total. The van der Waals surface area contributed by atoms with Crippen LogP contribution in [0.3, 0.4) is 0 Å². The second kappa shape index (κ2) is 9.63. The molecule has 0 bridgehead atoms. The molecule has 0 saturated heterocycles. The third-order valence-corrected chi connectivity index (χ3v) is 5.03. The number of rotatable bonds is 8. The summed E-state index contributed by atoms with van der Waals surface area (Å²) < 4.78 is 13.1. The van der Waals surface area contributed by atoms with Crippen molar-refractivity contribution in [1.29, 1.82) is 0 Å². The van der Waals surface area contributed by atoms with Gasteiger partial charge < -0.3 is 9.47 Å². The van der Waals surface area contributed by atoms with Crippen molar-refractivity contribution in [2.24, 2.45) is 0 Å². The van der Waals surface area contributed by atoms with Crippen molar-refractivity contribution in [3.8, 4) is 11.5 Å². The summed E-state index contributed by atoms with van der Waals surface area (Å²) in [5.41, 5.74) is 4.14. The first-order valence-corrected chi connectivity index (χ1v) is 10.1. The van der Waals surface area contributed by atoms with Gasteiger partial charge in [-0.3, -0.25) is 9.48 Å². The van der Waals surface area contributed by atoms with Gasteiger partial charge in [0.1, 0.15) is 18.1 Å². The molecule has 30 heavy (non-hydrogen) atoms. The average molecular weight is 425 g/mol. The van der Waals surface area contributed by atoms with E-state index < -0.39 is 0 Å². The number of nitrogens with zero attached hydrogens (tertiary/aromatic N) is 2. The lowest BCUT2D eigenvalue weighted by atomic mass is 10.1. The second-order valence-electron chi connectivity index (χ2n) is 6.98. The topological polar surface area (TPSA) is 53.4 Å². The summed E-state index contributed by atoms with van der Waals surface area (Å²) in [6.45, 7) is 6.83. The van der Waals surface area contributed by atoms with Crippen LogP contribution in [0.2, 0.25) is 5.02 Å². The Bertz CT molecular complexity index is 1090. The van der Waals surface area contributed by atoms with E-state index >= 15 is 0 Å². The van der Waals surface area contributed by atoms with Gasteiger partial charge in [0.2, 0.25) is 0 Å². The summed E-state index contributed by atoms with van der Waals surface area (Å²) in [7, 11) is 1.62. The SMILES string of the molecule is CCn1cc(C(=O)/C=C/c2ccc(OC)c(COc3ccc(C)cc3Cl)c2)c(C)n1. The molecule has 0 unspecified atom stereocenters. The fourth-order valence-electron chi connectivity index (χ4n) is 3.08. The first-order chi connectivity index (χ1) is 14.4. The zero-order valence-corrected chi connectivity index (χ0v) is 18.4. The molecule has 0 aliphatic rings. The van der Waals surface area contributed by atoms with Crippen LogP contribution in [-0.2, 0) is 13.2 Å². The quantitative estimate of drug-likeness (QED) is 0.346. The number of ether oxygens (including phenoxy) is 2. The van der Waals surface area contributed by atoms with Gasteiger partial charge >= 0.3 is 0 Å². The maximum Gasteiger partial charge on any atom is 0.189 e. The van der Waals surface area contributed by atoms with Gasteiger partial charge in [0, 0.05) is 18.3 Å². The number of carbonyl (C=O) groups is 1. The fourth-order valence-corrected chi connectivity index (χ4v) is 3.37. The minimum absolute atomic E-state index is 0.0766. The zero-order chi connectivity index (χ0) is 21.7. The molecular formula is C24H25ClN2O3. The molecule has 0 fully saturated rings. The number of allylic oxidation sites excluding steroid dienone is 1. The molecule has 6 heteroatoms. The van der Waals surface area contributed by atoms with Crippen molar-refractivity contribution in [2.75, 3.05) is 7.11 Å². The van der Waals surface area contributed by atoms with Crippen LogP contribution in [-0.4, -0.2) is 22.7 Å². The van der Waals surface area contributed by atoms with E-state index in [9.17, 15) is 4.79 Å². The van der Waals surface area contributed by atoms with E-state index in [0.29, 0.717) is 28.7 Å². The Labute approximate surface area is 181 Å². The van der Waals surface area contributed by atoms with Crippen LogP contribution >= 0.6 is 11.6 Å². The number of hydrogen-bond donors (Lipinski definition) is 0. The van der Waals surface area contributed by atoms with Crippen LogP contribution in [0.25, 0.3) is 6.08 Å². The number of halogens is 1. The Morgan fingerprint density at radius 2 is 1.93 bits per heavy atom. The van der Waals surface area contributed by atoms with E-state index in [4.69, 9.17) is 21.1 Å². The molecular weight excluding hydrogens is 400 g/mol. The number of ketones is 1. The van der Waals surface area contributed by atoms with E-state index in [0.717, 1.165) is 28.9 Å². The maximum absolute atomic E-state index is 12.5. The Morgan fingerprint density at radius 1 is 1.17 bits per heavy atom. The zero-order valence-electron chi connectivity index (χ0n) is 17.6. The van der Waals surface area contributed by atoms with E-state index in [2.05, 4.69) is 5.10 Å². The molecule has 156 valence electrons. The van der Waals surface area contributed by atoms with Crippen LogP contribution in [0.15, 0.2) is 48.7 Å². The molecule has 1 heterocycles. The Balaban J connectivity index is 1.77. The molecule has 3 rings (SSSR count). The minimum Gasteiger partial charge on any atom is -0.496 e. The highest BCUT2D eigenvalue weighted by atomic mass is 35.5. The lowest BCUT2D eigenvalue weighted by Gasteiger charge is -2.12. The molecule has 0 amide bonds. The van der Waals surface area contributed by atoms with Crippen molar-refractivity contribution in [1.82, 2.24) is 9.78 Å². The highest BCUT2D eigenvalue weighted by molar-refractivity contribution is 6.32. The highest BCUT2D eigenvalue weighted by Crippen LogP contribution is 2.28. The summed E-state index contributed by atoms with van der Waals surface area (Å²) in [4.78, 5) is 12.5. The Kier molecular flexibility index (Phi) is 6.95. The number of methoxy groups -OCH3 is 1. The standard InChI is InChI=1S/C24H25ClN2O3/c1-5-27-14-20(17(3)26-27)22(28)9-7-18-8-11-23(29-4)19(13-18)15-30-24-10-6-16(2)12-21(24)25/h6-14H,5,15H2,1-4H3/b9-7+. The van der Waals surface area contributed by atoms with Gasteiger partial charge in [-0.25, -0.2) is 0 Å². The second-order valence-corrected chi connectivity index (χ2v) is 7.38. The minimum atomic E-state index is -0.0766. The van der Waals surface area contributed by atoms with Gasteiger partial charge in [0.15, 0.2) is 5.78 Å². The number of benzene rings is 2. The average Bonchev–Trinajstić information content (AvgIpc) is 3.12. The van der Waals surface area contributed by atoms with Gasteiger partial charge in [0.25, 0.3) is 0 Å². The molecule has 2 aromatic carbocycles. The van der Waals surface area contributed by atoms with Gasteiger partial charge in [-0.15, -0.1) is 0 Å². The predicted octanol–water partition coefficient (Wildman–Crippen LogP) is 5.66. The van der Waals surface area contributed by atoms with Crippen LogP contribution in [0.1, 0.15) is 39.7 Å². The number of aryl methyl sites for hydroxylation is 3.